The molecule has 1 aliphatic carbocycles. The third kappa shape index (κ3) is 2.16. The monoisotopic (exact) mass is 227 g/mol. The van der Waals surface area contributed by atoms with Crippen molar-refractivity contribution in [2.75, 3.05) is 5.73 Å². The van der Waals surface area contributed by atoms with Gasteiger partial charge in [-0.05, 0) is 43.7 Å². The summed E-state index contributed by atoms with van der Waals surface area (Å²) in [5.74, 6) is 0.547. The van der Waals surface area contributed by atoms with Crippen LogP contribution < -0.4 is 5.73 Å². The van der Waals surface area contributed by atoms with Gasteiger partial charge in [-0.25, -0.2) is 0 Å². The first-order chi connectivity index (χ1) is 8.20. The third-order valence-corrected chi connectivity index (χ3v) is 3.71. The van der Waals surface area contributed by atoms with Gasteiger partial charge in [0.2, 0.25) is 0 Å². The number of allylic oxidation sites excluding steroid dienone is 1. The second-order valence-electron chi connectivity index (χ2n) is 4.74. The number of aromatic nitrogens is 1. The van der Waals surface area contributed by atoms with Gasteiger partial charge < -0.3 is 5.73 Å². The Bertz CT molecular complexity index is 434. The Labute approximate surface area is 102 Å². The fourth-order valence-corrected chi connectivity index (χ4v) is 2.48. The SMILES string of the molecule is C=CC1CCC(C#N)(c2ccc(N)cn2)CC1. The number of rotatable bonds is 2. The van der Waals surface area contributed by atoms with Gasteiger partial charge in [-0.15, -0.1) is 6.58 Å². The molecule has 0 bridgehead atoms. The first kappa shape index (κ1) is 11.7. The van der Waals surface area contributed by atoms with E-state index in [4.69, 9.17) is 5.73 Å². The second-order valence-corrected chi connectivity index (χ2v) is 4.74. The van der Waals surface area contributed by atoms with Crippen LogP contribution in [0.5, 0.6) is 0 Å². The van der Waals surface area contributed by atoms with E-state index >= 15 is 0 Å². The molecule has 0 unspecified atom stereocenters. The molecule has 0 atom stereocenters. The van der Waals surface area contributed by atoms with Crippen molar-refractivity contribution in [1.82, 2.24) is 4.98 Å². The van der Waals surface area contributed by atoms with Gasteiger partial charge in [-0.3, -0.25) is 4.98 Å². The minimum Gasteiger partial charge on any atom is -0.397 e. The highest BCUT2D eigenvalue weighted by Crippen LogP contribution is 2.40. The van der Waals surface area contributed by atoms with Crippen molar-refractivity contribution in [1.29, 1.82) is 5.26 Å². The Morgan fingerprint density at radius 3 is 2.65 bits per heavy atom. The van der Waals surface area contributed by atoms with E-state index in [1.165, 1.54) is 0 Å². The number of nitrogen functional groups attached to an aromatic ring is 1. The zero-order chi connectivity index (χ0) is 12.3. The van der Waals surface area contributed by atoms with E-state index in [1.807, 2.05) is 18.2 Å². The number of hydrogen-bond donors (Lipinski definition) is 1. The van der Waals surface area contributed by atoms with Crippen LogP contribution in [0, 0.1) is 17.2 Å². The number of hydrogen-bond acceptors (Lipinski definition) is 3. The smallest absolute Gasteiger partial charge is 0.0993 e. The normalized spacial score (nSPS) is 28.3. The minimum absolute atomic E-state index is 0.423. The van der Waals surface area contributed by atoms with E-state index in [-0.39, 0.29) is 0 Å². The fraction of sp³-hybridized carbons (Fsp3) is 0.429. The van der Waals surface area contributed by atoms with Crippen molar-refractivity contribution in [2.24, 2.45) is 5.92 Å². The van der Waals surface area contributed by atoms with Crippen molar-refractivity contribution in [3.05, 3.63) is 36.7 Å². The highest BCUT2D eigenvalue weighted by molar-refractivity contribution is 5.38. The summed E-state index contributed by atoms with van der Waals surface area (Å²) in [6, 6.07) is 6.16. The van der Waals surface area contributed by atoms with E-state index in [2.05, 4.69) is 17.6 Å². The molecule has 17 heavy (non-hydrogen) atoms. The van der Waals surface area contributed by atoms with Gasteiger partial charge in [0.15, 0.2) is 0 Å². The Balaban J connectivity index is 2.25. The predicted molar refractivity (Wildman–Crippen MR) is 68.1 cm³/mol. The van der Waals surface area contributed by atoms with Gasteiger partial charge in [0.05, 0.1) is 29.1 Å². The maximum Gasteiger partial charge on any atom is 0.0993 e. The molecule has 2 rings (SSSR count). The van der Waals surface area contributed by atoms with Crippen LogP contribution >= 0.6 is 0 Å². The molecule has 1 fully saturated rings. The van der Waals surface area contributed by atoms with Gasteiger partial charge >= 0.3 is 0 Å². The standard InChI is InChI=1S/C14H17N3/c1-2-11-5-7-14(10-15,8-6-11)13-4-3-12(16)9-17-13/h2-4,9,11H,1,5-8,16H2. The van der Waals surface area contributed by atoms with Gasteiger partial charge in [0.25, 0.3) is 0 Å². The van der Waals surface area contributed by atoms with Crippen molar-refractivity contribution in [3.63, 3.8) is 0 Å². The van der Waals surface area contributed by atoms with E-state index in [0.717, 1.165) is 31.4 Å². The molecule has 0 saturated heterocycles. The lowest BCUT2D eigenvalue weighted by molar-refractivity contribution is 0.310. The zero-order valence-electron chi connectivity index (χ0n) is 9.89. The predicted octanol–water partition coefficient (Wildman–Crippen LogP) is 2.80. The maximum absolute atomic E-state index is 9.48. The summed E-state index contributed by atoms with van der Waals surface area (Å²) in [5, 5.41) is 9.48. The van der Waals surface area contributed by atoms with E-state index < -0.39 is 5.41 Å². The zero-order valence-corrected chi connectivity index (χ0v) is 9.89. The van der Waals surface area contributed by atoms with Crippen LogP contribution in [0.3, 0.4) is 0 Å². The molecule has 1 saturated carbocycles. The second kappa shape index (κ2) is 4.58. The van der Waals surface area contributed by atoms with Crippen LogP contribution in [-0.4, -0.2) is 4.98 Å². The maximum atomic E-state index is 9.48. The van der Waals surface area contributed by atoms with Crippen LogP contribution in [0.25, 0.3) is 0 Å². The average molecular weight is 227 g/mol. The van der Waals surface area contributed by atoms with Gasteiger partial charge in [-0.1, -0.05) is 6.08 Å². The highest BCUT2D eigenvalue weighted by Gasteiger charge is 2.37. The lowest BCUT2D eigenvalue weighted by atomic mass is 9.69. The number of anilines is 1. The minimum atomic E-state index is -0.423. The number of nitrogens with zero attached hydrogens (tertiary/aromatic N) is 2. The molecule has 3 heteroatoms. The van der Waals surface area contributed by atoms with E-state index in [0.29, 0.717) is 11.6 Å². The molecule has 0 radical (unpaired) electrons. The van der Waals surface area contributed by atoms with Gasteiger partial charge in [0, 0.05) is 0 Å². The van der Waals surface area contributed by atoms with E-state index in [1.54, 1.807) is 6.20 Å². The summed E-state index contributed by atoms with van der Waals surface area (Å²) < 4.78 is 0. The lowest BCUT2D eigenvalue weighted by Crippen LogP contribution is -2.30. The van der Waals surface area contributed by atoms with Crippen LogP contribution in [0.1, 0.15) is 31.4 Å². The van der Waals surface area contributed by atoms with Gasteiger partial charge in [0.1, 0.15) is 0 Å². The van der Waals surface area contributed by atoms with Crippen molar-refractivity contribution in [3.8, 4) is 6.07 Å². The summed E-state index contributed by atoms with van der Waals surface area (Å²) >= 11 is 0. The van der Waals surface area contributed by atoms with Crippen molar-refractivity contribution in [2.45, 2.75) is 31.1 Å². The molecule has 0 amide bonds. The summed E-state index contributed by atoms with van der Waals surface area (Å²) in [5.41, 5.74) is 6.70. The molecule has 1 aromatic heterocycles. The number of nitrogens with two attached hydrogens (primary N) is 1. The number of pyridine rings is 1. The molecule has 88 valence electrons. The molecule has 3 nitrogen and oxygen atoms in total. The quantitative estimate of drug-likeness (QED) is 0.790. The van der Waals surface area contributed by atoms with Crippen molar-refractivity contribution >= 4 is 5.69 Å². The molecule has 2 N–H and O–H groups in total. The molecule has 1 aliphatic rings. The molecule has 1 heterocycles. The fourth-order valence-electron chi connectivity index (χ4n) is 2.48. The van der Waals surface area contributed by atoms with Crippen LogP contribution in [0.4, 0.5) is 5.69 Å². The largest absolute Gasteiger partial charge is 0.397 e. The van der Waals surface area contributed by atoms with Crippen LogP contribution in [-0.2, 0) is 5.41 Å². The summed E-state index contributed by atoms with van der Waals surface area (Å²) in [6.07, 6.45) is 7.38. The first-order valence-electron chi connectivity index (χ1n) is 5.96. The summed E-state index contributed by atoms with van der Waals surface area (Å²) in [6.45, 7) is 3.83. The average Bonchev–Trinajstić information content (AvgIpc) is 2.40. The van der Waals surface area contributed by atoms with Crippen LogP contribution in [0.2, 0.25) is 0 Å². The first-order valence-corrected chi connectivity index (χ1v) is 5.96. The Morgan fingerprint density at radius 1 is 1.47 bits per heavy atom. The Morgan fingerprint density at radius 2 is 2.18 bits per heavy atom. The molecular formula is C14H17N3. The lowest BCUT2D eigenvalue weighted by Gasteiger charge is -2.33. The Hall–Kier alpha value is -1.82. The molecular weight excluding hydrogens is 210 g/mol. The van der Waals surface area contributed by atoms with E-state index in [9.17, 15) is 5.26 Å². The van der Waals surface area contributed by atoms with Crippen LogP contribution in [0.15, 0.2) is 31.0 Å². The Kier molecular flexibility index (Phi) is 3.14. The topological polar surface area (TPSA) is 62.7 Å². The number of nitriles is 1. The van der Waals surface area contributed by atoms with Crippen molar-refractivity contribution < 1.29 is 0 Å². The molecule has 0 aromatic carbocycles. The third-order valence-electron chi connectivity index (χ3n) is 3.71. The molecule has 0 aliphatic heterocycles. The highest BCUT2D eigenvalue weighted by atomic mass is 14.7. The molecule has 1 aromatic rings. The summed E-state index contributed by atoms with van der Waals surface area (Å²) in [7, 11) is 0. The van der Waals surface area contributed by atoms with Gasteiger partial charge in [-0.2, -0.15) is 5.26 Å². The molecule has 0 spiro atoms. The summed E-state index contributed by atoms with van der Waals surface area (Å²) in [4.78, 5) is 4.32.